The van der Waals surface area contributed by atoms with Gasteiger partial charge in [0.2, 0.25) is 0 Å². The molecule has 0 atom stereocenters. The number of carbonyl (C=O) groups is 4. The molecule has 0 unspecified atom stereocenters. The number of ether oxygens (including phenoxy) is 2. The van der Waals surface area contributed by atoms with Crippen LogP contribution in [0.25, 0.3) is 0 Å². The van der Waals surface area contributed by atoms with Crippen LogP contribution >= 0.6 is 0 Å². The maximum atomic E-state index is 11.0. The number of rotatable bonds is 8. The van der Waals surface area contributed by atoms with Gasteiger partial charge in [0, 0.05) is 11.1 Å². The van der Waals surface area contributed by atoms with Crippen LogP contribution in [0.3, 0.4) is 0 Å². The Balaban J connectivity index is 0. The molecule has 0 aliphatic rings. The third-order valence-corrected chi connectivity index (χ3v) is 4.46. The Labute approximate surface area is 248 Å². The summed E-state index contributed by atoms with van der Waals surface area (Å²) in [6.07, 6.45) is 0. The topological polar surface area (TPSA) is 242 Å². The molecule has 2 rings (SSSR count). The summed E-state index contributed by atoms with van der Waals surface area (Å²) < 4.78 is 67.2. The third kappa shape index (κ3) is 14.6. The Morgan fingerprint density at radius 2 is 0.917 bits per heavy atom. The van der Waals surface area contributed by atoms with E-state index in [-0.39, 0.29) is 70.6 Å². The monoisotopic (exact) mass is 564 g/mol. The molecule has 0 aromatic heterocycles. The number of para-hydroxylation sites is 2. The number of benzene rings is 2. The SMILES string of the molecule is O=C(CS(=O)(=O)O)Oc1ccccc1C(=O)[O-].O=C(CS(=O)(=O)O)Oc1ccccc1C(=O)[O-].[Na+].[Na+]. The molecule has 0 spiro atoms. The largest absolute Gasteiger partial charge is 1.00 e. The van der Waals surface area contributed by atoms with Crippen molar-refractivity contribution in [3.8, 4) is 11.5 Å². The summed E-state index contributed by atoms with van der Waals surface area (Å²) in [5.41, 5.74) is -0.785. The van der Waals surface area contributed by atoms with Crippen molar-refractivity contribution in [1.82, 2.24) is 0 Å². The van der Waals surface area contributed by atoms with Crippen molar-refractivity contribution in [1.29, 1.82) is 0 Å². The van der Waals surface area contributed by atoms with Crippen LogP contribution in [0.5, 0.6) is 11.5 Å². The van der Waals surface area contributed by atoms with Gasteiger partial charge in [0.25, 0.3) is 20.2 Å². The van der Waals surface area contributed by atoms with E-state index in [2.05, 4.69) is 9.47 Å². The first-order valence-corrected chi connectivity index (χ1v) is 11.7. The number of carbonyl (C=O) groups excluding carboxylic acids is 4. The molecule has 2 N–H and O–H groups in total. The van der Waals surface area contributed by atoms with Crippen LogP contribution in [-0.2, 0) is 29.8 Å². The van der Waals surface area contributed by atoms with E-state index in [0.29, 0.717) is 0 Å². The van der Waals surface area contributed by atoms with E-state index in [1.807, 2.05) is 0 Å². The summed E-state index contributed by atoms with van der Waals surface area (Å²) in [4.78, 5) is 43.3. The van der Waals surface area contributed by atoms with E-state index in [1.165, 1.54) is 24.3 Å². The maximum Gasteiger partial charge on any atom is 1.00 e. The van der Waals surface area contributed by atoms with Gasteiger partial charge in [-0.1, -0.05) is 24.3 Å². The van der Waals surface area contributed by atoms with E-state index in [0.717, 1.165) is 24.3 Å². The second kappa shape index (κ2) is 16.1. The van der Waals surface area contributed by atoms with Crippen molar-refractivity contribution >= 4 is 44.1 Å². The van der Waals surface area contributed by atoms with Gasteiger partial charge in [-0.2, -0.15) is 16.8 Å². The van der Waals surface area contributed by atoms with E-state index in [9.17, 15) is 46.2 Å². The molecule has 0 bridgehead atoms. The molecule has 0 radical (unpaired) electrons. The number of esters is 2. The summed E-state index contributed by atoms with van der Waals surface area (Å²) in [5, 5.41) is 21.2. The Bertz CT molecular complexity index is 1210. The van der Waals surface area contributed by atoms with Crippen LogP contribution in [0, 0.1) is 0 Å². The van der Waals surface area contributed by atoms with Crippen molar-refractivity contribution in [3.05, 3.63) is 59.7 Å². The smallest absolute Gasteiger partial charge is 0.545 e. The zero-order valence-corrected chi connectivity index (χ0v) is 24.3. The normalized spacial score (nSPS) is 10.3. The predicted molar refractivity (Wildman–Crippen MR) is 106 cm³/mol. The van der Waals surface area contributed by atoms with Gasteiger partial charge in [-0.25, -0.2) is 0 Å². The van der Waals surface area contributed by atoms with Gasteiger partial charge in [0.15, 0.2) is 11.5 Å². The molecule has 0 fully saturated rings. The maximum absolute atomic E-state index is 11.0. The number of aromatic carboxylic acids is 2. The summed E-state index contributed by atoms with van der Waals surface area (Å²) in [5.74, 6) is -8.92. The summed E-state index contributed by atoms with van der Waals surface area (Å²) in [6, 6.07) is 10.1. The first kappa shape index (κ1) is 36.3. The first-order chi connectivity index (χ1) is 15.6. The zero-order valence-electron chi connectivity index (χ0n) is 18.6. The minimum absolute atomic E-state index is 0. The minimum Gasteiger partial charge on any atom is -0.545 e. The van der Waals surface area contributed by atoms with E-state index < -0.39 is 66.7 Å². The number of hydrogen-bond donors (Lipinski definition) is 2. The molecule has 18 heteroatoms. The quantitative estimate of drug-likeness (QED) is 0.131. The van der Waals surface area contributed by atoms with Gasteiger partial charge >= 0.3 is 71.1 Å². The fraction of sp³-hybridized carbons (Fsp3) is 0.111. The number of carboxylic acid groups (broad SMARTS) is 2. The zero-order chi connectivity index (χ0) is 26.1. The number of carboxylic acids is 2. The summed E-state index contributed by atoms with van der Waals surface area (Å²) in [6.45, 7) is 0. The predicted octanol–water partition coefficient (Wildman–Crippen LogP) is -8.31. The molecule has 0 heterocycles. The van der Waals surface area contributed by atoms with Crippen LogP contribution in [-0.4, -0.2) is 61.3 Å². The van der Waals surface area contributed by atoms with Crippen molar-refractivity contribution in [2.24, 2.45) is 0 Å². The Morgan fingerprint density at radius 1 is 0.639 bits per heavy atom. The van der Waals surface area contributed by atoms with E-state index >= 15 is 0 Å². The molecule has 2 aromatic rings. The average Bonchev–Trinajstić information content (AvgIpc) is 2.66. The Morgan fingerprint density at radius 3 is 1.17 bits per heavy atom. The van der Waals surface area contributed by atoms with Crippen molar-refractivity contribution < 1.29 is 124 Å². The van der Waals surface area contributed by atoms with Crippen LogP contribution in [0.15, 0.2) is 48.5 Å². The van der Waals surface area contributed by atoms with Crippen LogP contribution in [0.4, 0.5) is 0 Å². The van der Waals surface area contributed by atoms with Gasteiger partial charge in [0.05, 0.1) is 11.9 Å². The van der Waals surface area contributed by atoms with Crippen molar-refractivity contribution in [2.45, 2.75) is 0 Å². The van der Waals surface area contributed by atoms with Crippen LogP contribution < -0.4 is 78.8 Å². The Hall–Kier alpha value is -1.86. The van der Waals surface area contributed by atoms with Crippen molar-refractivity contribution in [2.75, 3.05) is 11.5 Å². The second-order valence-corrected chi connectivity index (χ2v) is 8.87. The van der Waals surface area contributed by atoms with Gasteiger partial charge in [-0.15, -0.1) is 0 Å². The standard InChI is InChI=1S/2C9H8O7S.2Na/c2*10-8(5-17(13,14)15)16-7-4-2-1-3-6(7)9(11)12;;/h2*1-4H,5H2,(H,11,12)(H,13,14,15);;/q;;2*+1/p-2. The molecule has 0 saturated heterocycles. The van der Waals surface area contributed by atoms with Crippen LogP contribution in [0.2, 0.25) is 0 Å². The fourth-order valence-corrected chi connectivity index (χ4v) is 2.76. The van der Waals surface area contributed by atoms with Gasteiger partial charge in [-0.05, 0) is 24.3 Å². The molecule has 0 amide bonds. The molecule has 184 valence electrons. The molecule has 14 nitrogen and oxygen atoms in total. The molecular weight excluding hydrogens is 550 g/mol. The molecule has 36 heavy (non-hydrogen) atoms. The van der Waals surface area contributed by atoms with Crippen LogP contribution in [0.1, 0.15) is 20.7 Å². The first-order valence-electron chi connectivity index (χ1n) is 8.51. The molecule has 0 saturated carbocycles. The minimum atomic E-state index is -4.51. The van der Waals surface area contributed by atoms with Gasteiger partial charge in [-0.3, -0.25) is 18.7 Å². The molecule has 2 aromatic carbocycles. The molecule has 0 aliphatic heterocycles. The summed E-state index contributed by atoms with van der Waals surface area (Å²) >= 11 is 0. The molecule has 0 aliphatic carbocycles. The van der Waals surface area contributed by atoms with Gasteiger partial charge < -0.3 is 29.3 Å². The average molecular weight is 564 g/mol. The number of hydrogen-bond acceptors (Lipinski definition) is 12. The Kier molecular flexibility index (Phi) is 16.2. The van der Waals surface area contributed by atoms with E-state index in [1.54, 1.807) is 0 Å². The fourth-order valence-electron chi connectivity index (χ4n) is 2.05. The second-order valence-electron chi connectivity index (χ2n) is 5.97. The van der Waals surface area contributed by atoms with Crippen molar-refractivity contribution in [3.63, 3.8) is 0 Å². The summed E-state index contributed by atoms with van der Waals surface area (Å²) in [7, 11) is -9.03. The van der Waals surface area contributed by atoms with Gasteiger partial charge in [0.1, 0.15) is 11.5 Å². The third-order valence-electron chi connectivity index (χ3n) is 3.26. The van der Waals surface area contributed by atoms with E-state index in [4.69, 9.17) is 9.11 Å². The molecular formula is C18H14Na2O14S2.